The minimum atomic E-state index is -1.52. The molecule has 12 heteroatoms. The van der Waals surface area contributed by atoms with E-state index in [9.17, 15) is 33.9 Å². The number of likely N-dealkylation sites (tertiary alicyclic amines) is 1. The Kier molecular flexibility index (Phi) is 13.7. The molecular weight excluding hydrogens is 592 g/mol. The predicted octanol–water partition coefficient (Wildman–Crippen LogP) is 2.16. The third-order valence-corrected chi connectivity index (χ3v) is 7.86. The van der Waals surface area contributed by atoms with Gasteiger partial charge in [0, 0.05) is 25.9 Å². The van der Waals surface area contributed by atoms with Gasteiger partial charge in [0.25, 0.3) is 0 Å². The molecule has 1 fully saturated rings. The highest BCUT2D eigenvalue weighted by Crippen LogP contribution is 2.21. The van der Waals surface area contributed by atoms with Crippen LogP contribution in [-0.4, -0.2) is 81.9 Å². The van der Waals surface area contributed by atoms with Gasteiger partial charge in [-0.25, -0.2) is 0 Å². The zero-order valence-corrected chi connectivity index (χ0v) is 26.3. The number of carbonyl (C=O) groups excluding carboxylic acids is 4. The summed E-state index contributed by atoms with van der Waals surface area (Å²) in [6, 6.07) is 14.4. The molecule has 0 radical (unpaired) electrons. The van der Waals surface area contributed by atoms with Gasteiger partial charge in [0.05, 0.1) is 12.8 Å². The molecule has 12 nitrogen and oxygen atoms in total. The predicted molar refractivity (Wildman–Crippen MR) is 169 cm³/mol. The molecule has 0 aliphatic carbocycles. The van der Waals surface area contributed by atoms with Gasteiger partial charge >= 0.3 is 11.9 Å². The van der Waals surface area contributed by atoms with Crippen LogP contribution >= 0.6 is 0 Å². The summed E-state index contributed by atoms with van der Waals surface area (Å²) in [5.41, 5.74) is 1.52. The molecule has 0 bridgehead atoms. The highest BCUT2D eigenvalue weighted by molar-refractivity contribution is 5.96. The van der Waals surface area contributed by atoms with E-state index in [0.717, 1.165) is 11.1 Å². The monoisotopic (exact) mass is 636 g/mol. The molecule has 0 spiro atoms. The van der Waals surface area contributed by atoms with Crippen molar-refractivity contribution in [2.75, 3.05) is 13.1 Å². The van der Waals surface area contributed by atoms with Gasteiger partial charge in [0.1, 0.15) is 18.1 Å². The number of nitrogens with zero attached hydrogens (tertiary/aromatic N) is 1. The van der Waals surface area contributed by atoms with E-state index in [-0.39, 0.29) is 43.4 Å². The number of carbonyl (C=O) groups is 6. The van der Waals surface area contributed by atoms with E-state index in [1.54, 1.807) is 53.4 Å². The van der Waals surface area contributed by atoms with Crippen LogP contribution in [-0.2, 0) is 41.6 Å². The maximum atomic E-state index is 13.7. The van der Waals surface area contributed by atoms with Gasteiger partial charge in [0.2, 0.25) is 23.6 Å². The Labute approximate surface area is 268 Å². The molecular formula is C34H44N4O8. The first-order valence-electron chi connectivity index (χ1n) is 15.6. The zero-order chi connectivity index (χ0) is 33.6. The zero-order valence-electron chi connectivity index (χ0n) is 26.3. The summed E-state index contributed by atoms with van der Waals surface area (Å²) in [5, 5.41) is 26.6. The standard InChI is InChI=1S/C34H44N4O8/c1-22(2)17-26(35-29(39)19-24-11-7-4-8-12-24)32(44)36-27(21-31(42)43)33(45)37-28(18-23-9-5-3-6-10-23)34(46)38-15-13-25(14-16-38)20-30(40)41/h3-12,22,25-28H,13-21H2,1-2H3,(H,35,39)(H,36,44)(H,37,45)(H,40,41)(H,42,43)/t26-,27-,28-/m0/s1. The Morgan fingerprint density at radius 3 is 1.83 bits per heavy atom. The first kappa shape index (κ1) is 35.7. The van der Waals surface area contributed by atoms with Crippen LogP contribution in [0.4, 0.5) is 0 Å². The maximum absolute atomic E-state index is 13.7. The molecule has 46 heavy (non-hydrogen) atoms. The van der Waals surface area contributed by atoms with Gasteiger partial charge in [-0.2, -0.15) is 0 Å². The average Bonchev–Trinajstić information content (AvgIpc) is 3.00. The SMILES string of the molecule is CC(C)C[C@H](NC(=O)Cc1ccccc1)C(=O)N[C@@H](CC(=O)O)C(=O)N[C@@H](Cc1ccccc1)C(=O)N1CCC(CC(=O)O)CC1. The number of nitrogens with one attached hydrogen (secondary N) is 3. The largest absolute Gasteiger partial charge is 0.481 e. The van der Waals surface area contributed by atoms with E-state index >= 15 is 0 Å². The van der Waals surface area contributed by atoms with Gasteiger partial charge in [-0.1, -0.05) is 74.5 Å². The highest BCUT2D eigenvalue weighted by Gasteiger charge is 2.34. The fraction of sp³-hybridized carbons (Fsp3) is 0.471. The Balaban J connectivity index is 1.75. The first-order valence-corrected chi connectivity index (χ1v) is 15.6. The van der Waals surface area contributed by atoms with Crippen molar-refractivity contribution in [1.82, 2.24) is 20.9 Å². The van der Waals surface area contributed by atoms with Crippen LogP contribution in [0.5, 0.6) is 0 Å². The van der Waals surface area contributed by atoms with Gasteiger partial charge in [0.15, 0.2) is 0 Å². The smallest absolute Gasteiger partial charge is 0.305 e. The van der Waals surface area contributed by atoms with Gasteiger partial charge < -0.3 is 31.1 Å². The lowest BCUT2D eigenvalue weighted by Gasteiger charge is -2.34. The van der Waals surface area contributed by atoms with Crippen molar-refractivity contribution >= 4 is 35.6 Å². The summed E-state index contributed by atoms with van der Waals surface area (Å²) in [4.78, 5) is 77.9. The maximum Gasteiger partial charge on any atom is 0.305 e. The molecule has 2 aromatic rings. The number of carboxylic acids is 2. The third-order valence-electron chi connectivity index (χ3n) is 7.86. The highest BCUT2D eigenvalue weighted by atomic mass is 16.4. The molecule has 248 valence electrons. The fourth-order valence-electron chi connectivity index (χ4n) is 5.53. The third kappa shape index (κ3) is 12.0. The van der Waals surface area contributed by atoms with Crippen molar-refractivity contribution in [2.24, 2.45) is 11.8 Å². The number of amides is 4. The molecule has 0 aromatic heterocycles. The van der Waals surface area contributed by atoms with E-state index in [1.807, 2.05) is 26.0 Å². The molecule has 1 aliphatic rings. The summed E-state index contributed by atoms with van der Waals surface area (Å²) in [7, 11) is 0. The molecule has 4 amide bonds. The molecule has 0 unspecified atom stereocenters. The van der Waals surface area contributed by atoms with E-state index < -0.39 is 54.2 Å². The van der Waals surface area contributed by atoms with Crippen LogP contribution in [0.15, 0.2) is 60.7 Å². The lowest BCUT2D eigenvalue weighted by Crippen LogP contribution is -2.58. The van der Waals surface area contributed by atoms with Crippen molar-refractivity contribution in [1.29, 1.82) is 0 Å². The number of hydrogen-bond acceptors (Lipinski definition) is 6. The van der Waals surface area contributed by atoms with E-state index in [0.29, 0.717) is 25.9 Å². The topological polar surface area (TPSA) is 182 Å². The summed E-state index contributed by atoms with van der Waals surface area (Å²) in [6.45, 7) is 4.39. The Bertz CT molecular complexity index is 1340. The van der Waals surface area contributed by atoms with Crippen LogP contribution in [0.25, 0.3) is 0 Å². The van der Waals surface area contributed by atoms with Crippen molar-refractivity contribution in [3.63, 3.8) is 0 Å². The van der Waals surface area contributed by atoms with Crippen molar-refractivity contribution in [2.45, 2.75) is 76.9 Å². The van der Waals surface area contributed by atoms with Crippen LogP contribution in [0.2, 0.25) is 0 Å². The second kappa shape index (κ2) is 17.7. The van der Waals surface area contributed by atoms with Crippen molar-refractivity contribution in [3.8, 4) is 0 Å². The molecule has 3 rings (SSSR count). The molecule has 2 aromatic carbocycles. The number of benzene rings is 2. The molecule has 1 saturated heterocycles. The van der Waals surface area contributed by atoms with Gasteiger partial charge in [-0.3, -0.25) is 28.8 Å². The lowest BCUT2D eigenvalue weighted by molar-refractivity contribution is -0.142. The van der Waals surface area contributed by atoms with Crippen molar-refractivity contribution in [3.05, 3.63) is 71.8 Å². The number of rotatable bonds is 16. The average molecular weight is 637 g/mol. The van der Waals surface area contributed by atoms with E-state index in [4.69, 9.17) is 5.11 Å². The summed E-state index contributed by atoms with van der Waals surface area (Å²) in [6.07, 6.45) is 0.715. The molecule has 1 aliphatic heterocycles. The van der Waals surface area contributed by atoms with Gasteiger partial charge in [-0.15, -0.1) is 0 Å². The quantitative estimate of drug-likeness (QED) is 0.186. The van der Waals surface area contributed by atoms with Crippen molar-refractivity contribution < 1.29 is 39.0 Å². The number of piperidine rings is 1. The number of hydrogen-bond donors (Lipinski definition) is 5. The number of aliphatic carboxylic acids is 2. The molecule has 5 N–H and O–H groups in total. The fourth-order valence-corrected chi connectivity index (χ4v) is 5.53. The van der Waals surface area contributed by atoms with Crippen LogP contribution in [0.1, 0.15) is 57.1 Å². The summed E-state index contributed by atoms with van der Waals surface area (Å²) in [5.74, 6) is -4.60. The number of carboxylic acid groups (broad SMARTS) is 2. The Morgan fingerprint density at radius 1 is 0.739 bits per heavy atom. The minimum absolute atomic E-state index is 0.00737. The van der Waals surface area contributed by atoms with Crippen LogP contribution in [0, 0.1) is 11.8 Å². The Morgan fingerprint density at radius 2 is 1.28 bits per heavy atom. The summed E-state index contributed by atoms with van der Waals surface area (Å²) >= 11 is 0. The van der Waals surface area contributed by atoms with Crippen LogP contribution < -0.4 is 16.0 Å². The van der Waals surface area contributed by atoms with Gasteiger partial charge in [-0.05, 0) is 42.2 Å². The van der Waals surface area contributed by atoms with E-state index in [2.05, 4.69) is 16.0 Å². The summed E-state index contributed by atoms with van der Waals surface area (Å²) < 4.78 is 0. The molecule has 1 heterocycles. The van der Waals surface area contributed by atoms with E-state index in [1.165, 1.54) is 0 Å². The lowest BCUT2D eigenvalue weighted by atomic mass is 9.93. The molecule has 0 saturated carbocycles. The minimum Gasteiger partial charge on any atom is -0.481 e. The second-order valence-electron chi connectivity index (χ2n) is 12.2. The second-order valence-corrected chi connectivity index (χ2v) is 12.2. The van der Waals surface area contributed by atoms with Crippen LogP contribution in [0.3, 0.4) is 0 Å². The first-order chi connectivity index (χ1) is 21.9. The molecule has 3 atom stereocenters. The normalized spacial score (nSPS) is 15.3. The Hall–Kier alpha value is -4.74.